The van der Waals surface area contributed by atoms with Crippen LogP contribution in [-0.2, 0) is 0 Å². The van der Waals surface area contributed by atoms with Gasteiger partial charge in [-0.15, -0.1) is 0 Å². The third-order valence-electron chi connectivity index (χ3n) is 4.86. The summed E-state index contributed by atoms with van der Waals surface area (Å²) in [5, 5.41) is 0. The van der Waals surface area contributed by atoms with E-state index in [0.717, 1.165) is 6.54 Å². The van der Waals surface area contributed by atoms with Crippen molar-refractivity contribution in [3.63, 3.8) is 0 Å². The summed E-state index contributed by atoms with van der Waals surface area (Å²) < 4.78 is 2.43. The van der Waals surface area contributed by atoms with Crippen molar-refractivity contribution in [2.24, 2.45) is 11.7 Å². The molecular weight excluding hydrogens is 248 g/mol. The molecule has 0 spiro atoms. The Balaban J connectivity index is 1.91. The molecule has 1 saturated carbocycles. The van der Waals surface area contributed by atoms with E-state index in [4.69, 9.17) is 5.73 Å². The van der Waals surface area contributed by atoms with Gasteiger partial charge in [-0.05, 0) is 57.7 Å². The van der Waals surface area contributed by atoms with Gasteiger partial charge in [0.15, 0.2) is 0 Å². The van der Waals surface area contributed by atoms with E-state index in [0.29, 0.717) is 18.0 Å². The van der Waals surface area contributed by atoms with E-state index < -0.39 is 0 Å². The molecule has 20 heavy (non-hydrogen) atoms. The number of hydrogen-bond acceptors (Lipinski definition) is 3. The summed E-state index contributed by atoms with van der Waals surface area (Å²) in [7, 11) is 0. The van der Waals surface area contributed by atoms with Gasteiger partial charge in [0.25, 0.3) is 0 Å². The zero-order chi connectivity index (χ0) is 13.9. The van der Waals surface area contributed by atoms with Crippen LogP contribution in [0.1, 0.15) is 63.2 Å². The van der Waals surface area contributed by atoms with E-state index in [9.17, 15) is 0 Å². The first-order chi connectivity index (χ1) is 9.85. The summed E-state index contributed by atoms with van der Waals surface area (Å²) >= 11 is 0. The minimum Gasteiger partial charge on any atom is -0.330 e. The van der Waals surface area contributed by atoms with Crippen molar-refractivity contribution in [2.45, 2.75) is 57.5 Å². The lowest BCUT2D eigenvalue weighted by Crippen LogP contribution is -2.37. The highest BCUT2D eigenvalue weighted by atomic mass is 15.2. The largest absolute Gasteiger partial charge is 0.330 e. The minimum absolute atomic E-state index is 0.477. The second-order valence-electron chi connectivity index (χ2n) is 6.43. The number of aromatic nitrogens is 2. The summed E-state index contributed by atoms with van der Waals surface area (Å²) in [4.78, 5) is 7.12. The Morgan fingerprint density at radius 1 is 1.30 bits per heavy atom. The maximum atomic E-state index is 6.11. The van der Waals surface area contributed by atoms with E-state index in [2.05, 4.69) is 27.6 Å². The van der Waals surface area contributed by atoms with Crippen LogP contribution in [0.25, 0.3) is 0 Å². The lowest BCUT2D eigenvalue weighted by atomic mass is 9.92. The van der Waals surface area contributed by atoms with E-state index >= 15 is 0 Å². The van der Waals surface area contributed by atoms with Gasteiger partial charge in [0.05, 0.1) is 18.1 Å². The zero-order valence-corrected chi connectivity index (χ0v) is 12.7. The molecule has 1 aliphatic heterocycles. The van der Waals surface area contributed by atoms with Gasteiger partial charge in [-0.25, -0.2) is 4.98 Å². The summed E-state index contributed by atoms with van der Waals surface area (Å²) in [6.45, 7) is 5.46. The van der Waals surface area contributed by atoms with Crippen molar-refractivity contribution < 1.29 is 0 Å². The number of hydrogen-bond donors (Lipinski definition) is 1. The monoisotopic (exact) mass is 276 g/mol. The normalized spacial score (nSPS) is 28.5. The molecule has 1 saturated heterocycles. The van der Waals surface area contributed by atoms with Crippen molar-refractivity contribution in [3.8, 4) is 0 Å². The molecule has 112 valence electrons. The average Bonchev–Trinajstić information content (AvgIpc) is 3.23. The topological polar surface area (TPSA) is 47.1 Å². The Morgan fingerprint density at radius 3 is 2.85 bits per heavy atom. The molecule has 0 aromatic carbocycles. The average molecular weight is 276 g/mol. The highest BCUT2D eigenvalue weighted by molar-refractivity contribution is 5.12. The van der Waals surface area contributed by atoms with Crippen LogP contribution in [0.2, 0.25) is 0 Å². The quantitative estimate of drug-likeness (QED) is 0.899. The number of rotatable bonds is 5. The summed E-state index contributed by atoms with van der Waals surface area (Å²) in [5.74, 6) is 0.582. The highest BCUT2D eigenvalue weighted by Crippen LogP contribution is 2.41. The maximum absolute atomic E-state index is 6.11. The zero-order valence-electron chi connectivity index (χ0n) is 12.7. The third-order valence-corrected chi connectivity index (χ3v) is 4.86. The first kappa shape index (κ1) is 14.1. The molecule has 2 heterocycles. The number of likely N-dealkylation sites (tertiary alicyclic amines) is 1. The van der Waals surface area contributed by atoms with E-state index in [1.165, 1.54) is 57.3 Å². The number of nitrogens with two attached hydrogens (primary N) is 1. The van der Waals surface area contributed by atoms with Crippen LogP contribution in [0.5, 0.6) is 0 Å². The van der Waals surface area contributed by atoms with Crippen molar-refractivity contribution in [2.75, 3.05) is 19.6 Å². The van der Waals surface area contributed by atoms with Crippen LogP contribution < -0.4 is 5.73 Å². The standard InChI is InChI=1S/C16H28N4/c1-2-8-19-9-4-3-5-13(10-17)16(19)15-11-18-12-20(15)14-6-7-14/h11-14,16H,2-10,17H2,1H3. The molecule has 2 aliphatic rings. The Labute approximate surface area is 122 Å². The fraction of sp³-hybridized carbons (Fsp3) is 0.812. The molecule has 4 nitrogen and oxygen atoms in total. The van der Waals surface area contributed by atoms with E-state index in [1.54, 1.807) is 0 Å². The molecule has 1 aliphatic carbocycles. The van der Waals surface area contributed by atoms with Gasteiger partial charge in [0, 0.05) is 12.2 Å². The molecule has 0 amide bonds. The molecule has 2 N–H and O–H groups in total. The van der Waals surface area contributed by atoms with Crippen molar-refractivity contribution in [3.05, 3.63) is 18.2 Å². The minimum atomic E-state index is 0.477. The van der Waals surface area contributed by atoms with Crippen LogP contribution in [0.3, 0.4) is 0 Å². The maximum Gasteiger partial charge on any atom is 0.0951 e. The second-order valence-corrected chi connectivity index (χ2v) is 6.43. The molecule has 2 atom stereocenters. The lowest BCUT2D eigenvalue weighted by molar-refractivity contribution is 0.151. The lowest BCUT2D eigenvalue weighted by Gasteiger charge is -2.35. The third kappa shape index (κ3) is 2.77. The van der Waals surface area contributed by atoms with Crippen LogP contribution in [0.4, 0.5) is 0 Å². The summed E-state index contributed by atoms with van der Waals surface area (Å²) in [5.41, 5.74) is 7.53. The molecule has 1 aromatic rings. The van der Waals surface area contributed by atoms with Crippen molar-refractivity contribution in [1.29, 1.82) is 0 Å². The molecule has 4 heteroatoms. The highest BCUT2D eigenvalue weighted by Gasteiger charge is 2.35. The van der Waals surface area contributed by atoms with Crippen molar-refractivity contribution >= 4 is 0 Å². The Hall–Kier alpha value is -0.870. The first-order valence-electron chi connectivity index (χ1n) is 8.31. The van der Waals surface area contributed by atoms with Gasteiger partial charge < -0.3 is 10.3 Å². The summed E-state index contributed by atoms with van der Waals surface area (Å²) in [6.07, 6.45) is 11.9. The number of nitrogens with zero attached hydrogens (tertiary/aromatic N) is 3. The molecule has 2 fully saturated rings. The molecule has 0 radical (unpaired) electrons. The number of imidazole rings is 1. The molecule has 0 bridgehead atoms. The predicted molar refractivity (Wildman–Crippen MR) is 81.5 cm³/mol. The Morgan fingerprint density at radius 2 is 2.15 bits per heavy atom. The van der Waals surface area contributed by atoms with Gasteiger partial charge in [0.2, 0.25) is 0 Å². The van der Waals surface area contributed by atoms with Gasteiger partial charge in [-0.2, -0.15) is 0 Å². The smallest absolute Gasteiger partial charge is 0.0951 e. The van der Waals surface area contributed by atoms with Crippen molar-refractivity contribution in [1.82, 2.24) is 14.5 Å². The van der Waals surface area contributed by atoms with Gasteiger partial charge >= 0.3 is 0 Å². The predicted octanol–water partition coefficient (Wildman–Crippen LogP) is 2.73. The van der Waals surface area contributed by atoms with Crippen LogP contribution in [0, 0.1) is 5.92 Å². The Bertz CT molecular complexity index is 424. The molecule has 1 aromatic heterocycles. The molecule has 3 rings (SSSR count). The van der Waals surface area contributed by atoms with Gasteiger partial charge in [0.1, 0.15) is 0 Å². The molecule has 2 unspecified atom stereocenters. The first-order valence-corrected chi connectivity index (χ1v) is 8.31. The van der Waals surface area contributed by atoms with Crippen LogP contribution >= 0.6 is 0 Å². The van der Waals surface area contributed by atoms with Crippen LogP contribution in [0.15, 0.2) is 12.5 Å². The Kier molecular flexibility index (Phi) is 4.41. The van der Waals surface area contributed by atoms with E-state index in [1.807, 2.05) is 6.33 Å². The van der Waals surface area contributed by atoms with Gasteiger partial charge in [-0.3, -0.25) is 4.90 Å². The molecular formula is C16H28N4. The van der Waals surface area contributed by atoms with Crippen LogP contribution in [-0.4, -0.2) is 34.1 Å². The second kappa shape index (κ2) is 6.27. The fourth-order valence-corrected chi connectivity index (χ4v) is 3.73. The fourth-order valence-electron chi connectivity index (χ4n) is 3.73. The summed E-state index contributed by atoms with van der Waals surface area (Å²) in [6, 6.07) is 1.18. The van der Waals surface area contributed by atoms with Gasteiger partial charge in [-0.1, -0.05) is 13.3 Å². The van der Waals surface area contributed by atoms with E-state index in [-0.39, 0.29) is 0 Å². The SMILES string of the molecule is CCCN1CCCCC(CN)C1c1cncn1C1CC1.